The van der Waals surface area contributed by atoms with Gasteiger partial charge in [-0.25, -0.2) is 4.98 Å². The zero-order chi connectivity index (χ0) is 14.7. The highest BCUT2D eigenvalue weighted by atomic mass is 15.2. The van der Waals surface area contributed by atoms with Crippen LogP contribution in [0.2, 0.25) is 0 Å². The van der Waals surface area contributed by atoms with Crippen molar-refractivity contribution in [2.45, 2.75) is 26.2 Å². The molecule has 7 heteroatoms. The number of H-pyrrole nitrogens is 1. The molecule has 112 valence electrons. The van der Waals surface area contributed by atoms with Crippen molar-refractivity contribution in [2.75, 3.05) is 24.1 Å². The van der Waals surface area contributed by atoms with Gasteiger partial charge in [-0.2, -0.15) is 10.1 Å². The van der Waals surface area contributed by atoms with Crippen molar-refractivity contribution in [1.82, 2.24) is 25.5 Å². The molecule has 0 bridgehead atoms. The lowest BCUT2D eigenvalue weighted by Gasteiger charge is -2.22. The lowest BCUT2D eigenvalue weighted by Crippen LogP contribution is -2.28. The number of hydrogen-bond donors (Lipinski definition) is 4. The molecule has 3 heterocycles. The molecule has 21 heavy (non-hydrogen) atoms. The third kappa shape index (κ3) is 3.69. The summed E-state index contributed by atoms with van der Waals surface area (Å²) >= 11 is 0. The molecule has 0 aromatic carbocycles. The zero-order valence-corrected chi connectivity index (χ0v) is 12.2. The van der Waals surface area contributed by atoms with Crippen LogP contribution >= 0.6 is 0 Å². The lowest BCUT2D eigenvalue weighted by atomic mass is 9.93. The van der Waals surface area contributed by atoms with E-state index in [1.165, 1.54) is 12.8 Å². The molecule has 1 fully saturated rings. The van der Waals surface area contributed by atoms with Gasteiger partial charge in [0.1, 0.15) is 5.82 Å². The summed E-state index contributed by atoms with van der Waals surface area (Å²) in [5.41, 5.74) is 7.81. The Morgan fingerprint density at radius 1 is 1.24 bits per heavy atom. The smallest absolute Gasteiger partial charge is 0.222 e. The summed E-state index contributed by atoms with van der Waals surface area (Å²) in [5.74, 6) is 2.40. The number of nitrogens with zero attached hydrogens (tertiary/aromatic N) is 3. The molecule has 1 aliphatic heterocycles. The summed E-state index contributed by atoms with van der Waals surface area (Å²) in [7, 11) is 0. The fourth-order valence-corrected chi connectivity index (χ4v) is 2.68. The molecule has 2 aromatic rings. The average Bonchev–Trinajstić information content (AvgIpc) is 2.84. The largest absolute Gasteiger partial charge is 0.368 e. The van der Waals surface area contributed by atoms with Crippen LogP contribution in [-0.2, 0) is 6.42 Å². The van der Waals surface area contributed by atoms with Gasteiger partial charge in [-0.15, -0.1) is 0 Å². The zero-order valence-electron chi connectivity index (χ0n) is 12.2. The predicted molar refractivity (Wildman–Crippen MR) is 82.3 cm³/mol. The topological polar surface area (TPSA) is 105 Å². The highest BCUT2D eigenvalue weighted by Crippen LogP contribution is 2.20. The van der Waals surface area contributed by atoms with Gasteiger partial charge in [0, 0.05) is 23.5 Å². The van der Waals surface area contributed by atoms with Gasteiger partial charge in [-0.1, -0.05) is 0 Å². The van der Waals surface area contributed by atoms with Crippen molar-refractivity contribution in [2.24, 2.45) is 5.92 Å². The summed E-state index contributed by atoms with van der Waals surface area (Å²) in [5, 5.41) is 13.6. The number of nitrogen functional groups attached to an aromatic ring is 1. The monoisotopic (exact) mass is 287 g/mol. The normalized spacial score (nSPS) is 16.0. The second-order valence-corrected chi connectivity index (χ2v) is 5.56. The molecule has 7 nitrogen and oxygen atoms in total. The van der Waals surface area contributed by atoms with Crippen LogP contribution in [0.3, 0.4) is 0 Å². The molecule has 0 amide bonds. The van der Waals surface area contributed by atoms with Crippen LogP contribution in [0.25, 0.3) is 0 Å². The Morgan fingerprint density at radius 3 is 2.76 bits per heavy atom. The number of anilines is 3. The number of rotatable bonds is 4. The minimum atomic E-state index is 0.302. The van der Waals surface area contributed by atoms with Crippen LogP contribution in [-0.4, -0.2) is 33.3 Å². The number of nitrogens with two attached hydrogens (primary N) is 1. The molecule has 0 spiro atoms. The van der Waals surface area contributed by atoms with Gasteiger partial charge in [-0.3, -0.25) is 5.10 Å². The lowest BCUT2D eigenvalue weighted by molar-refractivity contribution is 0.370. The molecule has 1 aliphatic rings. The third-order valence-electron chi connectivity index (χ3n) is 3.72. The van der Waals surface area contributed by atoms with Crippen molar-refractivity contribution < 1.29 is 0 Å². The Kier molecular flexibility index (Phi) is 4.01. The molecule has 0 saturated carbocycles. The summed E-state index contributed by atoms with van der Waals surface area (Å²) in [6.07, 6.45) is 3.32. The molecule has 3 rings (SSSR count). The number of nitrogens with one attached hydrogen (secondary N) is 3. The quantitative estimate of drug-likeness (QED) is 0.677. The predicted octanol–water partition coefficient (Wildman–Crippen LogP) is 1.38. The number of aromatic nitrogens is 4. The van der Waals surface area contributed by atoms with Gasteiger partial charge in [0.25, 0.3) is 0 Å². The SMILES string of the molecule is Cc1cc(Nc2cc(CC3CCNCC3)nc(N)n2)n[nH]1. The molecular weight excluding hydrogens is 266 g/mol. The van der Waals surface area contributed by atoms with Crippen molar-refractivity contribution in [3.05, 3.63) is 23.5 Å². The first-order chi connectivity index (χ1) is 10.2. The highest BCUT2D eigenvalue weighted by molar-refractivity contribution is 5.53. The fraction of sp³-hybridized carbons (Fsp3) is 0.500. The van der Waals surface area contributed by atoms with Gasteiger partial charge in [0.2, 0.25) is 5.95 Å². The molecular formula is C14H21N7. The van der Waals surface area contributed by atoms with E-state index in [1.54, 1.807) is 0 Å². The van der Waals surface area contributed by atoms with Gasteiger partial charge < -0.3 is 16.4 Å². The first-order valence-corrected chi connectivity index (χ1v) is 7.32. The Bertz CT molecular complexity index is 601. The van der Waals surface area contributed by atoms with Crippen molar-refractivity contribution in [3.63, 3.8) is 0 Å². The molecule has 2 aromatic heterocycles. The first-order valence-electron chi connectivity index (χ1n) is 7.32. The van der Waals surface area contributed by atoms with Crippen molar-refractivity contribution in [3.8, 4) is 0 Å². The van der Waals surface area contributed by atoms with E-state index in [1.807, 2.05) is 19.1 Å². The minimum absolute atomic E-state index is 0.302. The van der Waals surface area contributed by atoms with Crippen LogP contribution in [0.5, 0.6) is 0 Å². The van der Waals surface area contributed by atoms with Crippen LogP contribution in [0.4, 0.5) is 17.6 Å². The number of hydrogen-bond acceptors (Lipinski definition) is 6. The average molecular weight is 287 g/mol. The maximum atomic E-state index is 5.82. The van der Waals surface area contributed by atoms with Gasteiger partial charge in [-0.05, 0) is 45.2 Å². The van der Waals surface area contributed by atoms with Crippen LogP contribution in [0.1, 0.15) is 24.2 Å². The van der Waals surface area contributed by atoms with E-state index in [0.717, 1.165) is 36.7 Å². The van der Waals surface area contributed by atoms with Crippen LogP contribution in [0, 0.1) is 12.8 Å². The molecule has 0 unspecified atom stereocenters. The summed E-state index contributed by atoms with van der Waals surface area (Å²) in [6, 6.07) is 3.88. The Morgan fingerprint density at radius 2 is 2.05 bits per heavy atom. The number of aryl methyl sites for hydroxylation is 1. The highest BCUT2D eigenvalue weighted by Gasteiger charge is 2.15. The maximum Gasteiger partial charge on any atom is 0.222 e. The Hall–Kier alpha value is -2.15. The Balaban J connectivity index is 1.72. The van der Waals surface area contributed by atoms with Crippen molar-refractivity contribution >= 4 is 17.6 Å². The second-order valence-electron chi connectivity index (χ2n) is 5.56. The molecule has 0 aliphatic carbocycles. The van der Waals surface area contributed by atoms with Gasteiger partial charge in [0.05, 0.1) is 0 Å². The second kappa shape index (κ2) is 6.09. The van der Waals surface area contributed by atoms with Crippen molar-refractivity contribution in [1.29, 1.82) is 0 Å². The summed E-state index contributed by atoms with van der Waals surface area (Å²) in [6.45, 7) is 4.13. The van der Waals surface area contributed by atoms with Crippen LogP contribution < -0.4 is 16.4 Å². The standard InChI is InChI=1S/C14H21N7/c1-9-6-13(21-20-9)18-12-8-11(17-14(15)19-12)7-10-2-4-16-5-3-10/h6,8,10,16H,2-5,7H2,1H3,(H4,15,17,18,19,20,21). The molecule has 0 atom stereocenters. The van der Waals surface area contributed by atoms with Crippen LogP contribution in [0.15, 0.2) is 12.1 Å². The number of aromatic amines is 1. The van der Waals surface area contributed by atoms with E-state index in [9.17, 15) is 0 Å². The summed E-state index contributed by atoms with van der Waals surface area (Å²) in [4.78, 5) is 8.57. The number of piperidine rings is 1. The van der Waals surface area contributed by atoms with Gasteiger partial charge in [0.15, 0.2) is 5.82 Å². The van der Waals surface area contributed by atoms with E-state index >= 15 is 0 Å². The molecule has 1 saturated heterocycles. The van der Waals surface area contributed by atoms with Gasteiger partial charge >= 0.3 is 0 Å². The summed E-state index contributed by atoms with van der Waals surface area (Å²) < 4.78 is 0. The third-order valence-corrected chi connectivity index (χ3v) is 3.72. The Labute approximate surface area is 123 Å². The van der Waals surface area contributed by atoms with E-state index in [4.69, 9.17) is 5.73 Å². The molecule has 5 N–H and O–H groups in total. The first kappa shape index (κ1) is 13.8. The fourth-order valence-electron chi connectivity index (χ4n) is 2.68. The minimum Gasteiger partial charge on any atom is -0.368 e. The van der Waals surface area contributed by atoms with E-state index in [-0.39, 0.29) is 0 Å². The van der Waals surface area contributed by atoms with E-state index in [2.05, 4.69) is 30.8 Å². The van der Waals surface area contributed by atoms with E-state index in [0.29, 0.717) is 17.7 Å². The molecule has 0 radical (unpaired) electrons. The maximum absolute atomic E-state index is 5.82. The van der Waals surface area contributed by atoms with E-state index < -0.39 is 0 Å².